The van der Waals surface area contributed by atoms with E-state index in [9.17, 15) is 19.1 Å². The predicted octanol–water partition coefficient (Wildman–Crippen LogP) is 5.23. The number of benzene rings is 3. The highest BCUT2D eigenvalue weighted by Gasteiger charge is 2.30. The smallest absolute Gasteiger partial charge is 0.303 e. The maximum absolute atomic E-state index is 13.6. The van der Waals surface area contributed by atoms with Gasteiger partial charge in [0.1, 0.15) is 22.9 Å². The van der Waals surface area contributed by atoms with Crippen LogP contribution in [0.25, 0.3) is 27.8 Å². The molecule has 0 amide bonds. The van der Waals surface area contributed by atoms with Crippen molar-refractivity contribution < 1.29 is 23.9 Å². The summed E-state index contributed by atoms with van der Waals surface area (Å²) < 4.78 is 20.5. The highest BCUT2D eigenvalue weighted by molar-refractivity contribution is 5.83. The van der Waals surface area contributed by atoms with E-state index in [1.54, 1.807) is 43.3 Å². The van der Waals surface area contributed by atoms with Gasteiger partial charge in [0.25, 0.3) is 5.56 Å². The van der Waals surface area contributed by atoms with Crippen molar-refractivity contribution in [1.82, 2.24) is 14.7 Å². The van der Waals surface area contributed by atoms with E-state index in [0.29, 0.717) is 58.5 Å². The minimum Gasteiger partial charge on any atom is -0.481 e. The van der Waals surface area contributed by atoms with Crippen LogP contribution in [0.3, 0.4) is 0 Å². The Morgan fingerprint density at radius 1 is 1.03 bits per heavy atom. The maximum atomic E-state index is 13.6. The molecule has 1 atom stereocenters. The lowest BCUT2D eigenvalue weighted by molar-refractivity contribution is -0.137. The number of carboxylic acids is 1. The molecule has 0 saturated heterocycles. The van der Waals surface area contributed by atoms with E-state index < -0.39 is 17.4 Å². The largest absolute Gasteiger partial charge is 0.481 e. The third-order valence-electron chi connectivity index (χ3n) is 6.69. The second kappa shape index (κ2) is 10.6. The van der Waals surface area contributed by atoms with E-state index in [1.165, 1.54) is 28.8 Å². The Kier molecular flexibility index (Phi) is 7.08. The summed E-state index contributed by atoms with van der Waals surface area (Å²) in [5.74, 6) is -0.608. The molecule has 0 aliphatic rings. The second-order valence-corrected chi connectivity index (χ2v) is 9.49. The van der Waals surface area contributed by atoms with Gasteiger partial charge in [-0.25, -0.2) is 9.37 Å². The van der Waals surface area contributed by atoms with Crippen LogP contribution in [0, 0.1) is 5.82 Å². The molecule has 5 aromatic rings. The van der Waals surface area contributed by atoms with Crippen molar-refractivity contribution in [2.45, 2.75) is 38.2 Å². The number of halogens is 1. The minimum absolute atomic E-state index is 0.0137. The van der Waals surface area contributed by atoms with E-state index >= 15 is 0 Å². The first-order chi connectivity index (χ1) is 18.7. The van der Waals surface area contributed by atoms with Crippen LogP contribution >= 0.6 is 0 Å². The molecule has 0 fully saturated rings. The number of nitrogens with zero attached hydrogens (tertiary/aromatic N) is 3. The van der Waals surface area contributed by atoms with Gasteiger partial charge in [0.05, 0.1) is 16.6 Å². The summed E-state index contributed by atoms with van der Waals surface area (Å²) in [6, 6.07) is 21.4. The van der Waals surface area contributed by atoms with Gasteiger partial charge in [-0.1, -0.05) is 41.6 Å². The molecule has 39 heavy (non-hydrogen) atoms. The van der Waals surface area contributed by atoms with Gasteiger partial charge >= 0.3 is 5.97 Å². The van der Waals surface area contributed by atoms with Crippen molar-refractivity contribution in [3.63, 3.8) is 0 Å². The van der Waals surface area contributed by atoms with Crippen molar-refractivity contribution in [3.05, 3.63) is 112 Å². The molecule has 2 N–H and O–H groups in total. The zero-order valence-electron chi connectivity index (χ0n) is 21.2. The predicted molar refractivity (Wildman–Crippen MR) is 143 cm³/mol. The minimum atomic E-state index is -1.40. The lowest BCUT2D eigenvalue weighted by Gasteiger charge is -2.20. The van der Waals surface area contributed by atoms with Crippen LogP contribution in [0.5, 0.6) is 0 Å². The number of hydrogen-bond donors (Lipinski definition) is 2. The van der Waals surface area contributed by atoms with Crippen LogP contribution in [0.2, 0.25) is 0 Å². The van der Waals surface area contributed by atoms with Gasteiger partial charge in [-0.3, -0.25) is 14.2 Å². The molecule has 0 bridgehead atoms. The van der Waals surface area contributed by atoms with E-state index in [2.05, 4.69) is 5.16 Å². The molecule has 8 nitrogen and oxygen atoms in total. The SMILES string of the molecule is CC(O)(c1ccccc1)c1cc(-c2ccc3c(=O)n(-c4ccc(F)cc4)c(CCCCC(=O)O)nc3c2)no1. The third kappa shape index (κ3) is 5.35. The van der Waals surface area contributed by atoms with Crippen molar-refractivity contribution in [1.29, 1.82) is 0 Å². The fraction of sp³-hybridized carbons (Fsp3) is 0.200. The number of aromatic nitrogens is 3. The molecule has 2 heterocycles. The molecule has 0 aliphatic heterocycles. The molecule has 3 aromatic carbocycles. The normalized spacial score (nSPS) is 12.9. The number of aliphatic carboxylic acids is 1. The Bertz CT molecular complexity index is 1690. The molecule has 198 valence electrons. The summed E-state index contributed by atoms with van der Waals surface area (Å²) in [6.45, 7) is 1.63. The van der Waals surface area contributed by atoms with Crippen molar-refractivity contribution >= 4 is 16.9 Å². The Labute approximate surface area is 223 Å². The summed E-state index contributed by atoms with van der Waals surface area (Å²) >= 11 is 0. The molecule has 2 aromatic heterocycles. The van der Waals surface area contributed by atoms with Gasteiger partial charge in [-0.05, 0) is 61.7 Å². The number of fused-ring (bicyclic) bond motifs is 1. The lowest BCUT2D eigenvalue weighted by atomic mass is 9.93. The third-order valence-corrected chi connectivity index (χ3v) is 6.69. The van der Waals surface area contributed by atoms with Crippen LogP contribution in [-0.2, 0) is 16.8 Å². The van der Waals surface area contributed by atoms with Crippen molar-refractivity contribution in [3.8, 4) is 16.9 Å². The summed E-state index contributed by atoms with van der Waals surface area (Å²) in [7, 11) is 0. The Morgan fingerprint density at radius 3 is 2.49 bits per heavy atom. The lowest BCUT2D eigenvalue weighted by Crippen LogP contribution is -2.24. The van der Waals surface area contributed by atoms with Crippen LogP contribution in [0.1, 0.15) is 43.3 Å². The van der Waals surface area contributed by atoms with E-state index in [4.69, 9.17) is 14.6 Å². The molecular formula is C30H26FN3O5. The average Bonchev–Trinajstić information content (AvgIpc) is 3.44. The molecule has 0 spiro atoms. The number of carboxylic acid groups (broad SMARTS) is 1. The molecule has 9 heteroatoms. The van der Waals surface area contributed by atoms with Gasteiger partial charge < -0.3 is 14.7 Å². The summed E-state index contributed by atoms with van der Waals surface area (Å²) in [6.07, 6.45) is 1.30. The first-order valence-corrected chi connectivity index (χ1v) is 12.5. The highest BCUT2D eigenvalue weighted by atomic mass is 19.1. The molecule has 0 aliphatic carbocycles. The second-order valence-electron chi connectivity index (χ2n) is 9.49. The summed E-state index contributed by atoms with van der Waals surface area (Å²) in [4.78, 5) is 29.3. The van der Waals surface area contributed by atoms with E-state index in [1.807, 2.05) is 18.2 Å². The van der Waals surface area contributed by atoms with Crippen molar-refractivity contribution in [2.75, 3.05) is 0 Å². The average molecular weight is 528 g/mol. The van der Waals surface area contributed by atoms with Crippen LogP contribution in [-0.4, -0.2) is 30.9 Å². The zero-order valence-corrected chi connectivity index (χ0v) is 21.2. The van der Waals surface area contributed by atoms with Gasteiger partial charge in [0.15, 0.2) is 5.76 Å². The molecular weight excluding hydrogens is 501 g/mol. The van der Waals surface area contributed by atoms with E-state index in [0.717, 1.165) is 0 Å². The number of rotatable bonds is 9. The maximum Gasteiger partial charge on any atom is 0.303 e. The Balaban J connectivity index is 1.55. The topological polar surface area (TPSA) is 118 Å². The first-order valence-electron chi connectivity index (χ1n) is 12.5. The Hall–Kier alpha value is -4.63. The van der Waals surface area contributed by atoms with Gasteiger partial charge in [-0.15, -0.1) is 0 Å². The number of hydrogen-bond acceptors (Lipinski definition) is 6. The zero-order chi connectivity index (χ0) is 27.6. The van der Waals surface area contributed by atoms with Crippen LogP contribution in [0.15, 0.2) is 88.2 Å². The first kappa shape index (κ1) is 26.0. The number of aryl methyl sites for hydroxylation is 1. The van der Waals surface area contributed by atoms with Crippen LogP contribution in [0.4, 0.5) is 4.39 Å². The highest BCUT2D eigenvalue weighted by Crippen LogP contribution is 2.32. The fourth-order valence-electron chi connectivity index (χ4n) is 4.52. The summed E-state index contributed by atoms with van der Waals surface area (Å²) in [5.41, 5.74) is 0.954. The van der Waals surface area contributed by atoms with Crippen LogP contribution < -0.4 is 5.56 Å². The molecule has 5 rings (SSSR count). The number of aliphatic hydroxyl groups is 1. The Morgan fingerprint density at radius 2 is 1.77 bits per heavy atom. The molecule has 0 saturated carbocycles. The van der Waals surface area contributed by atoms with Crippen molar-refractivity contribution in [2.24, 2.45) is 0 Å². The monoisotopic (exact) mass is 527 g/mol. The van der Waals surface area contributed by atoms with Gasteiger partial charge in [-0.2, -0.15) is 0 Å². The van der Waals surface area contributed by atoms with Gasteiger partial charge in [0, 0.05) is 24.5 Å². The number of carbonyl (C=O) groups is 1. The fourth-order valence-corrected chi connectivity index (χ4v) is 4.52. The molecule has 0 radical (unpaired) electrons. The number of unbranched alkanes of at least 4 members (excludes halogenated alkanes) is 1. The quantitative estimate of drug-likeness (QED) is 0.252. The van der Waals surface area contributed by atoms with Gasteiger partial charge in [0.2, 0.25) is 0 Å². The standard InChI is InChI=1S/C30H26FN3O5/c1-30(38,20-7-3-2-4-8-20)26-18-24(33-39-26)19-11-16-23-25(17-19)32-27(9-5-6-10-28(35)36)34(29(23)37)22-14-12-21(31)13-15-22/h2-4,7-8,11-18,38H,5-6,9-10H2,1H3,(H,35,36). The molecule has 1 unspecified atom stereocenters. The summed E-state index contributed by atoms with van der Waals surface area (Å²) in [5, 5.41) is 24.6. The van der Waals surface area contributed by atoms with E-state index in [-0.39, 0.29) is 17.7 Å².